The Labute approximate surface area is 144 Å². The molecule has 2 N–H and O–H groups in total. The minimum absolute atomic E-state index is 0.107. The van der Waals surface area contributed by atoms with Gasteiger partial charge >= 0.3 is 0 Å². The molecule has 1 aromatic heterocycles. The highest BCUT2D eigenvalue weighted by Crippen LogP contribution is 2.14. The molecule has 1 heterocycles. The zero-order valence-corrected chi connectivity index (χ0v) is 14.0. The minimum Gasteiger partial charge on any atom is -0.352 e. The van der Waals surface area contributed by atoms with Gasteiger partial charge in [-0.2, -0.15) is 0 Å². The number of hydrogen-bond donors (Lipinski definition) is 2. The number of hydrogen-bond acceptors (Lipinski definition) is 3. The zero-order chi connectivity index (χ0) is 18.4. The Morgan fingerprint density at radius 2 is 1.72 bits per heavy atom. The third kappa shape index (κ3) is 5.34. The van der Waals surface area contributed by atoms with Crippen LogP contribution in [0.5, 0.6) is 0 Å². The molecule has 132 valence electrons. The van der Waals surface area contributed by atoms with Gasteiger partial charge in [0.25, 0.3) is 11.8 Å². The van der Waals surface area contributed by atoms with E-state index in [0.717, 1.165) is 18.6 Å². The normalized spacial score (nSPS) is 10.6. The van der Waals surface area contributed by atoms with E-state index in [-0.39, 0.29) is 22.7 Å². The van der Waals surface area contributed by atoms with Gasteiger partial charge in [-0.1, -0.05) is 13.8 Å². The third-order valence-electron chi connectivity index (χ3n) is 3.45. The largest absolute Gasteiger partial charge is 0.352 e. The maximum absolute atomic E-state index is 13.2. The molecular formula is C18H19F2N3O2. The molecule has 0 saturated heterocycles. The van der Waals surface area contributed by atoms with Gasteiger partial charge in [0.2, 0.25) is 0 Å². The summed E-state index contributed by atoms with van der Waals surface area (Å²) in [4.78, 5) is 28.1. The topological polar surface area (TPSA) is 71.1 Å². The van der Waals surface area contributed by atoms with E-state index < -0.39 is 17.5 Å². The molecule has 25 heavy (non-hydrogen) atoms. The highest BCUT2D eigenvalue weighted by molar-refractivity contribution is 6.05. The van der Waals surface area contributed by atoms with Gasteiger partial charge < -0.3 is 10.6 Å². The predicted molar refractivity (Wildman–Crippen MR) is 90.3 cm³/mol. The van der Waals surface area contributed by atoms with Gasteiger partial charge in [-0.3, -0.25) is 14.6 Å². The molecule has 0 aliphatic carbocycles. The molecule has 0 spiro atoms. The Bertz CT molecular complexity index is 779. The first-order valence-electron chi connectivity index (χ1n) is 7.86. The van der Waals surface area contributed by atoms with Crippen LogP contribution in [-0.4, -0.2) is 23.3 Å². The van der Waals surface area contributed by atoms with Crippen LogP contribution < -0.4 is 10.6 Å². The van der Waals surface area contributed by atoms with E-state index in [9.17, 15) is 18.4 Å². The SMILES string of the molecule is CC(C)CCNC(=O)c1cncc(C(=O)Nc2ccc(F)c(F)c2)c1. The highest BCUT2D eigenvalue weighted by atomic mass is 19.2. The summed E-state index contributed by atoms with van der Waals surface area (Å²) in [6.45, 7) is 4.63. The van der Waals surface area contributed by atoms with Crippen LogP contribution in [0.2, 0.25) is 0 Å². The lowest BCUT2D eigenvalue weighted by Crippen LogP contribution is -2.26. The smallest absolute Gasteiger partial charge is 0.257 e. The van der Waals surface area contributed by atoms with Crippen molar-refractivity contribution in [3.63, 3.8) is 0 Å². The first-order chi connectivity index (χ1) is 11.9. The van der Waals surface area contributed by atoms with Crippen molar-refractivity contribution >= 4 is 17.5 Å². The molecule has 0 atom stereocenters. The second-order valence-electron chi connectivity index (χ2n) is 5.98. The predicted octanol–water partition coefficient (Wildman–Crippen LogP) is 3.39. The number of halogens is 2. The lowest BCUT2D eigenvalue weighted by Gasteiger charge is -2.09. The fraction of sp³-hybridized carbons (Fsp3) is 0.278. The van der Waals surface area contributed by atoms with Gasteiger partial charge in [-0.25, -0.2) is 8.78 Å². The van der Waals surface area contributed by atoms with Crippen LogP contribution in [0.1, 0.15) is 41.0 Å². The molecule has 0 aliphatic rings. The van der Waals surface area contributed by atoms with Crippen molar-refractivity contribution in [1.82, 2.24) is 10.3 Å². The molecule has 5 nitrogen and oxygen atoms in total. The molecule has 7 heteroatoms. The maximum atomic E-state index is 13.2. The van der Waals surface area contributed by atoms with Crippen LogP contribution in [0.25, 0.3) is 0 Å². The average molecular weight is 347 g/mol. The van der Waals surface area contributed by atoms with Crippen LogP contribution in [0.4, 0.5) is 14.5 Å². The number of amides is 2. The summed E-state index contributed by atoms with van der Waals surface area (Å²) in [5, 5.41) is 5.19. The van der Waals surface area contributed by atoms with Crippen molar-refractivity contribution < 1.29 is 18.4 Å². The Morgan fingerprint density at radius 3 is 2.36 bits per heavy atom. The van der Waals surface area contributed by atoms with Crippen molar-refractivity contribution in [3.05, 3.63) is 59.4 Å². The molecule has 0 saturated carbocycles. The minimum atomic E-state index is -1.06. The van der Waals surface area contributed by atoms with Gasteiger partial charge in [-0.15, -0.1) is 0 Å². The highest BCUT2D eigenvalue weighted by Gasteiger charge is 2.12. The van der Waals surface area contributed by atoms with E-state index in [0.29, 0.717) is 12.5 Å². The van der Waals surface area contributed by atoms with E-state index in [1.807, 2.05) is 0 Å². The second kappa shape index (κ2) is 8.32. The molecule has 0 aliphatic heterocycles. The second-order valence-corrected chi connectivity index (χ2v) is 5.98. The molecule has 2 aromatic rings. The van der Waals surface area contributed by atoms with Crippen LogP contribution in [0, 0.1) is 17.6 Å². The van der Waals surface area contributed by atoms with Crippen molar-refractivity contribution in [2.45, 2.75) is 20.3 Å². The third-order valence-corrected chi connectivity index (χ3v) is 3.45. The van der Waals surface area contributed by atoms with Gasteiger partial charge in [0.1, 0.15) is 0 Å². The summed E-state index contributed by atoms with van der Waals surface area (Å²) >= 11 is 0. The summed E-state index contributed by atoms with van der Waals surface area (Å²) < 4.78 is 26.1. The molecule has 0 bridgehead atoms. The summed E-state index contributed by atoms with van der Waals surface area (Å²) in [5.41, 5.74) is 0.499. The Balaban J connectivity index is 2.05. The monoisotopic (exact) mass is 347 g/mol. The number of benzene rings is 1. The molecule has 0 fully saturated rings. The fourth-order valence-electron chi connectivity index (χ4n) is 2.04. The summed E-state index contributed by atoms with van der Waals surface area (Å²) in [7, 11) is 0. The first-order valence-corrected chi connectivity index (χ1v) is 7.86. The van der Waals surface area contributed by atoms with Crippen LogP contribution >= 0.6 is 0 Å². The van der Waals surface area contributed by atoms with Crippen molar-refractivity contribution in [1.29, 1.82) is 0 Å². The van der Waals surface area contributed by atoms with Gasteiger partial charge in [0.15, 0.2) is 11.6 Å². The lowest BCUT2D eigenvalue weighted by molar-refractivity contribution is 0.0951. The number of nitrogens with zero attached hydrogens (tertiary/aromatic N) is 1. The number of nitrogens with one attached hydrogen (secondary N) is 2. The van der Waals surface area contributed by atoms with E-state index in [4.69, 9.17) is 0 Å². The van der Waals surface area contributed by atoms with Crippen molar-refractivity contribution in [2.24, 2.45) is 5.92 Å². The standard InChI is InChI=1S/C18H19F2N3O2/c1-11(2)5-6-22-17(24)12-7-13(10-21-9-12)18(25)23-14-3-4-15(19)16(20)8-14/h3-4,7-11H,5-6H2,1-2H3,(H,22,24)(H,23,25). The number of carbonyl (C=O) groups excluding carboxylic acids is 2. The number of aromatic nitrogens is 1. The molecular weight excluding hydrogens is 328 g/mol. The van der Waals surface area contributed by atoms with E-state index >= 15 is 0 Å². The van der Waals surface area contributed by atoms with Crippen LogP contribution in [-0.2, 0) is 0 Å². The van der Waals surface area contributed by atoms with Gasteiger partial charge in [0.05, 0.1) is 11.1 Å². The molecule has 2 amide bonds. The zero-order valence-electron chi connectivity index (χ0n) is 14.0. The fourth-order valence-corrected chi connectivity index (χ4v) is 2.04. The number of rotatable bonds is 6. The summed E-state index contributed by atoms with van der Waals surface area (Å²) in [5.74, 6) is -2.49. The van der Waals surface area contributed by atoms with E-state index in [1.165, 1.54) is 24.5 Å². The van der Waals surface area contributed by atoms with Crippen molar-refractivity contribution in [2.75, 3.05) is 11.9 Å². The molecule has 1 aromatic carbocycles. The maximum Gasteiger partial charge on any atom is 0.257 e. The Morgan fingerprint density at radius 1 is 1.04 bits per heavy atom. The number of anilines is 1. The van der Waals surface area contributed by atoms with Crippen molar-refractivity contribution in [3.8, 4) is 0 Å². The molecule has 0 unspecified atom stereocenters. The van der Waals surface area contributed by atoms with Crippen LogP contribution in [0.15, 0.2) is 36.7 Å². The Hall–Kier alpha value is -2.83. The molecule has 0 radical (unpaired) electrons. The van der Waals surface area contributed by atoms with E-state index in [1.54, 1.807) is 0 Å². The van der Waals surface area contributed by atoms with Gasteiger partial charge in [-0.05, 0) is 30.5 Å². The number of pyridine rings is 1. The Kier molecular flexibility index (Phi) is 6.16. The van der Waals surface area contributed by atoms with Crippen LogP contribution in [0.3, 0.4) is 0 Å². The van der Waals surface area contributed by atoms with E-state index in [2.05, 4.69) is 29.5 Å². The molecule has 2 rings (SSSR count). The average Bonchev–Trinajstić information content (AvgIpc) is 2.58. The lowest BCUT2D eigenvalue weighted by atomic mass is 10.1. The first kappa shape index (κ1) is 18.5. The quantitative estimate of drug-likeness (QED) is 0.841. The summed E-state index contributed by atoms with van der Waals surface area (Å²) in [6.07, 6.45) is 3.49. The van der Waals surface area contributed by atoms with Gasteiger partial charge in [0, 0.05) is 30.7 Å². The number of carbonyl (C=O) groups is 2. The summed E-state index contributed by atoms with van der Waals surface area (Å²) in [6, 6.07) is 4.43.